The molecule has 5 heteroatoms. The van der Waals surface area contributed by atoms with Gasteiger partial charge < -0.3 is 15.7 Å². The van der Waals surface area contributed by atoms with Crippen LogP contribution in [0.1, 0.15) is 41.6 Å². The zero-order valence-electron chi connectivity index (χ0n) is 11.3. The van der Waals surface area contributed by atoms with Gasteiger partial charge in [0.15, 0.2) is 0 Å². The standard InChI is InChI=1S/C15H18N2O3/c16-15(6-1-2-7-15)14(20)17-8-5-10-3-4-11(13(18)19)9-12(10)17/h3-4,9H,1-2,5-8,16H2,(H,18,19). The third-order valence-electron chi connectivity index (χ3n) is 4.39. The first-order valence-electron chi connectivity index (χ1n) is 6.98. The molecule has 1 saturated carbocycles. The van der Waals surface area contributed by atoms with Crippen LogP contribution in [-0.2, 0) is 11.2 Å². The smallest absolute Gasteiger partial charge is 0.335 e. The van der Waals surface area contributed by atoms with Crippen molar-refractivity contribution in [3.05, 3.63) is 29.3 Å². The van der Waals surface area contributed by atoms with Gasteiger partial charge in [-0.15, -0.1) is 0 Å². The van der Waals surface area contributed by atoms with Crippen molar-refractivity contribution in [1.29, 1.82) is 0 Å². The van der Waals surface area contributed by atoms with Gasteiger partial charge in [-0.3, -0.25) is 4.79 Å². The Morgan fingerprint density at radius 1 is 1.25 bits per heavy atom. The number of aromatic carboxylic acids is 1. The molecule has 1 aromatic carbocycles. The molecular formula is C15H18N2O3. The van der Waals surface area contributed by atoms with Gasteiger partial charge in [0.1, 0.15) is 0 Å². The Morgan fingerprint density at radius 2 is 1.95 bits per heavy atom. The minimum absolute atomic E-state index is 0.0590. The highest BCUT2D eigenvalue weighted by atomic mass is 16.4. The average molecular weight is 274 g/mol. The molecule has 1 amide bonds. The van der Waals surface area contributed by atoms with E-state index < -0.39 is 11.5 Å². The van der Waals surface area contributed by atoms with E-state index in [1.165, 1.54) is 0 Å². The van der Waals surface area contributed by atoms with Crippen molar-refractivity contribution in [3.63, 3.8) is 0 Å². The number of carbonyl (C=O) groups is 2. The lowest BCUT2D eigenvalue weighted by molar-refractivity contribution is -0.123. The van der Waals surface area contributed by atoms with Crippen LogP contribution in [0.5, 0.6) is 0 Å². The summed E-state index contributed by atoms with van der Waals surface area (Å²) >= 11 is 0. The normalized spacial score (nSPS) is 19.9. The number of nitrogens with zero attached hydrogens (tertiary/aromatic N) is 1. The fourth-order valence-electron chi connectivity index (χ4n) is 3.21. The second-order valence-electron chi connectivity index (χ2n) is 5.72. The summed E-state index contributed by atoms with van der Waals surface area (Å²) in [5.74, 6) is -1.04. The summed E-state index contributed by atoms with van der Waals surface area (Å²) in [6, 6.07) is 4.97. The van der Waals surface area contributed by atoms with Crippen molar-refractivity contribution in [2.45, 2.75) is 37.6 Å². The van der Waals surface area contributed by atoms with Gasteiger partial charge in [-0.1, -0.05) is 18.9 Å². The Hall–Kier alpha value is -1.88. The van der Waals surface area contributed by atoms with E-state index in [9.17, 15) is 9.59 Å². The zero-order valence-corrected chi connectivity index (χ0v) is 11.3. The fourth-order valence-corrected chi connectivity index (χ4v) is 3.21. The fraction of sp³-hybridized carbons (Fsp3) is 0.467. The van der Waals surface area contributed by atoms with Gasteiger partial charge in [-0.05, 0) is 37.0 Å². The maximum absolute atomic E-state index is 12.7. The lowest BCUT2D eigenvalue weighted by Gasteiger charge is -2.29. The van der Waals surface area contributed by atoms with Crippen molar-refractivity contribution in [1.82, 2.24) is 0 Å². The van der Waals surface area contributed by atoms with Crippen molar-refractivity contribution in [3.8, 4) is 0 Å². The van der Waals surface area contributed by atoms with Crippen LogP contribution in [0.3, 0.4) is 0 Å². The lowest BCUT2D eigenvalue weighted by Crippen LogP contribution is -2.53. The van der Waals surface area contributed by atoms with Gasteiger partial charge in [-0.25, -0.2) is 4.79 Å². The van der Waals surface area contributed by atoms with Crippen LogP contribution < -0.4 is 10.6 Å². The van der Waals surface area contributed by atoms with E-state index in [0.29, 0.717) is 12.2 Å². The van der Waals surface area contributed by atoms with Crippen molar-refractivity contribution < 1.29 is 14.7 Å². The van der Waals surface area contributed by atoms with E-state index in [-0.39, 0.29) is 11.5 Å². The van der Waals surface area contributed by atoms with Crippen molar-refractivity contribution in [2.24, 2.45) is 5.73 Å². The SMILES string of the molecule is NC1(C(=O)N2CCc3ccc(C(=O)O)cc32)CCCC1. The van der Waals surface area contributed by atoms with Gasteiger partial charge in [-0.2, -0.15) is 0 Å². The number of carboxylic acid groups (broad SMARTS) is 1. The second-order valence-corrected chi connectivity index (χ2v) is 5.72. The summed E-state index contributed by atoms with van der Waals surface area (Å²) in [6.07, 6.45) is 4.17. The van der Waals surface area contributed by atoms with Crippen LogP contribution in [0, 0.1) is 0 Å². The van der Waals surface area contributed by atoms with Crippen LogP contribution in [0.2, 0.25) is 0 Å². The van der Waals surface area contributed by atoms with Crippen LogP contribution in [0.15, 0.2) is 18.2 Å². The summed E-state index contributed by atoms with van der Waals surface area (Å²) in [5.41, 5.74) is 7.41. The molecule has 0 bridgehead atoms. The predicted octanol–water partition coefficient (Wildman–Crippen LogP) is 1.55. The molecule has 1 aliphatic carbocycles. The number of nitrogens with two attached hydrogens (primary N) is 1. The Morgan fingerprint density at radius 3 is 2.60 bits per heavy atom. The monoisotopic (exact) mass is 274 g/mol. The third-order valence-corrected chi connectivity index (χ3v) is 4.39. The molecule has 2 aliphatic rings. The molecule has 106 valence electrons. The molecule has 0 atom stereocenters. The Labute approximate surface area is 117 Å². The van der Waals surface area contributed by atoms with E-state index in [0.717, 1.165) is 37.7 Å². The summed E-state index contributed by atoms with van der Waals surface area (Å²) in [6.45, 7) is 0.593. The largest absolute Gasteiger partial charge is 0.478 e. The first kappa shape index (κ1) is 13.1. The Balaban J connectivity index is 1.94. The molecule has 0 spiro atoms. The number of carboxylic acids is 1. The highest BCUT2D eigenvalue weighted by Crippen LogP contribution is 2.35. The quantitative estimate of drug-likeness (QED) is 0.857. The first-order valence-corrected chi connectivity index (χ1v) is 6.98. The topological polar surface area (TPSA) is 83.6 Å². The van der Waals surface area contributed by atoms with Gasteiger partial charge in [0, 0.05) is 12.2 Å². The molecule has 5 nitrogen and oxygen atoms in total. The van der Waals surface area contributed by atoms with Crippen molar-refractivity contribution >= 4 is 17.6 Å². The van der Waals surface area contributed by atoms with E-state index in [2.05, 4.69) is 0 Å². The van der Waals surface area contributed by atoms with Gasteiger partial charge in [0.2, 0.25) is 5.91 Å². The highest BCUT2D eigenvalue weighted by molar-refractivity contribution is 6.03. The number of fused-ring (bicyclic) bond motifs is 1. The molecule has 3 N–H and O–H groups in total. The molecule has 20 heavy (non-hydrogen) atoms. The number of hydrogen-bond acceptors (Lipinski definition) is 3. The number of anilines is 1. The minimum Gasteiger partial charge on any atom is -0.478 e. The number of carbonyl (C=O) groups excluding carboxylic acids is 1. The molecule has 3 rings (SSSR count). The van der Waals surface area contributed by atoms with Crippen LogP contribution >= 0.6 is 0 Å². The molecular weight excluding hydrogens is 256 g/mol. The summed E-state index contributed by atoms with van der Waals surface area (Å²) in [5, 5.41) is 9.08. The summed E-state index contributed by atoms with van der Waals surface area (Å²) in [7, 11) is 0. The third kappa shape index (κ3) is 1.98. The second kappa shape index (κ2) is 4.59. The lowest BCUT2D eigenvalue weighted by atomic mass is 9.97. The summed E-state index contributed by atoms with van der Waals surface area (Å²) in [4.78, 5) is 25.4. The molecule has 1 aromatic rings. The van der Waals surface area contributed by atoms with E-state index >= 15 is 0 Å². The molecule has 1 fully saturated rings. The maximum Gasteiger partial charge on any atom is 0.335 e. The number of rotatable bonds is 2. The molecule has 0 radical (unpaired) electrons. The van der Waals surface area contributed by atoms with Gasteiger partial charge in [0.05, 0.1) is 11.1 Å². The van der Waals surface area contributed by atoms with Crippen molar-refractivity contribution in [2.75, 3.05) is 11.4 Å². The Kier molecular flexibility index (Phi) is 3.01. The van der Waals surface area contributed by atoms with Crippen LogP contribution in [0.25, 0.3) is 0 Å². The van der Waals surface area contributed by atoms with Crippen LogP contribution in [0.4, 0.5) is 5.69 Å². The first-order chi connectivity index (χ1) is 9.51. The van der Waals surface area contributed by atoms with Gasteiger partial charge >= 0.3 is 5.97 Å². The van der Waals surface area contributed by atoms with E-state index in [1.54, 1.807) is 23.1 Å². The molecule has 0 unspecified atom stereocenters. The summed E-state index contributed by atoms with van der Waals surface area (Å²) < 4.78 is 0. The van der Waals surface area contributed by atoms with E-state index in [4.69, 9.17) is 10.8 Å². The predicted molar refractivity (Wildman–Crippen MR) is 74.8 cm³/mol. The highest BCUT2D eigenvalue weighted by Gasteiger charge is 2.42. The van der Waals surface area contributed by atoms with E-state index in [1.807, 2.05) is 0 Å². The molecule has 0 aromatic heterocycles. The maximum atomic E-state index is 12.7. The Bertz CT molecular complexity index is 576. The van der Waals surface area contributed by atoms with Crippen LogP contribution in [-0.4, -0.2) is 29.1 Å². The number of benzene rings is 1. The average Bonchev–Trinajstić information content (AvgIpc) is 3.04. The van der Waals surface area contributed by atoms with Gasteiger partial charge in [0.25, 0.3) is 0 Å². The molecule has 1 heterocycles. The molecule has 0 saturated heterocycles. The molecule has 1 aliphatic heterocycles. The zero-order chi connectivity index (χ0) is 14.3. The number of hydrogen-bond donors (Lipinski definition) is 2. The minimum atomic E-state index is -0.976. The number of amides is 1.